The third-order valence-corrected chi connectivity index (χ3v) is 3.31. The molecule has 23 heavy (non-hydrogen) atoms. The lowest BCUT2D eigenvalue weighted by Crippen LogP contribution is -2.06. The van der Waals surface area contributed by atoms with Crippen LogP contribution in [0.2, 0.25) is 0 Å². The summed E-state index contributed by atoms with van der Waals surface area (Å²) in [6, 6.07) is 4.92. The van der Waals surface area contributed by atoms with Crippen molar-refractivity contribution in [3.8, 4) is 11.3 Å². The second-order valence-electron chi connectivity index (χ2n) is 5.06. The number of anilines is 1. The predicted octanol–water partition coefficient (Wildman–Crippen LogP) is 3.30. The first-order valence-corrected chi connectivity index (χ1v) is 6.72. The van der Waals surface area contributed by atoms with Gasteiger partial charge in [-0.15, -0.1) is 0 Å². The van der Waals surface area contributed by atoms with Crippen LogP contribution >= 0.6 is 0 Å². The fourth-order valence-corrected chi connectivity index (χ4v) is 2.28. The van der Waals surface area contributed by atoms with Gasteiger partial charge in [-0.3, -0.25) is 0 Å². The molecule has 3 rings (SSSR count). The van der Waals surface area contributed by atoms with E-state index in [0.717, 1.165) is 12.1 Å². The number of benzene rings is 1. The van der Waals surface area contributed by atoms with Crippen molar-refractivity contribution in [3.05, 3.63) is 41.3 Å². The van der Waals surface area contributed by atoms with Gasteiger partial charge in [0.25, 0.3) is 0 Å². The average Bonchev–Trinajstić information content (AvgIpc) is 2.45. The molecule has 5 nitrogen and oxygen atoms in total. The molecule has 118 valence electrons. The number of aryl methyl sites for hydroxylation is 2. The molecular formula is C15H12F3N5. The molecule has 2 heterocycles. The van der Waals surface area contributed by atoms with Gasteiger partial charge in [-0.1, -0.05) is 12.1 Å². The fourth-order valence-electron chi connectivity index (χ4n) is 2.28. The zero-order valence-electron chi connectivity index (χ0n) is 12.3. The number of aromatic nitrogens is 4. The maximum atomic E-state index is 12.9. The van der Waals surface area contributed by atoms with Gasteiger partial charge in [-0.05, 0) is 26.0 Å². The summed E-state index contributed by atoms with van der Waals surface area (Å²) in [6.07, 6.45) is -4.42. The van der Waals surface area contributed by atoms with Crippen LogP contribution in [0.25, 0.3) is 22.4 Å². The Morgan fingerprint density at radius 1 is 1.00 bits per heavy atom. The summed E-state index contributed by atoms with van der Waals surface area (Å²) in [5, 5.41) is 0. The van der Waals surface area contributed by atoms with E-state index in [1.54, 1.807) is 19.9 Å². The zero-order chi connectivity index (χ0) is 16.8. The first-order valence-electron chi connectivity index (χ1n) is 6.72. The summed E-state index contributed by atoms with van der Waals surface area (Å²) in [5.41, 5.74) is 6.77. The van der Waals surface area contributed by atoms with E-state index in [1.807, 2.05) is 0 Å². The highest BCUT2D eigenvalue weighted by atomic mass is 19.4. The molecule has 3 aromatic rings. The molecule has 0 aliphatic rings. The number of alkyl halides is 3. The average molecular weight is 319 g/mol. The van der Waals surface area contributed by atoms with Crippen molar-refractivity contribution in [2.24, 2.45) is 0 Å². The Morgan fingerprint density at radius 2 is 1.74 bits per heavy atom. The van der Waals surface area contributed by atoms with Crippen molar-refractivity contribution in [1.29, 1.82) is 0 Å². The predicted molar refractivity (Wildman–Crippen MR) is 79.5 cm³/mol. The van der Waals surface area contributed by atoms with E-state index >= 15 is 0 Å². The Hall–Kier alpha value is -2.77. The summed E-state index contributed by atoms with van der Waals surface area (Å²) in [5.74, 6) is 0.601. The molecule has 8 heteroatoms. The van der Waals surface area contributed by atoms with E-state index in [9.17, 15) is 13.2 Å². The maximum Gasteiger partial charge on any atom is 0.416 e. The number of rotatable bonds is 1. The standard InChI is InChI=1S/C15H12F3N5/c1-7-11(9-4-3-5-10(6-9)15(16,17)18)23-12-13(19)21-8(2)22-14(12)20-7/h3-6H,1-2H3,(H2,19,20,21,22). The van der Waals surface area contributed by atoms with Gasteiger partial charge in [0.15, 0.2) is 17.0 Å². The van der Waals surface area contributed by atoms with Crippen molar-refractivity contribution in [2.45, 2.75) is 20.0 Å². The van der Waals surface area contributed by atoms with Gasteiger partial charge < -0.3 is 5.73 Å². The Morgan fingerprint density at radius 3 is 2.43 bits per heavy atom. The van der Waals surface area contributed by atoms with Crippen molar-refractivity contribution < 1.29 is 13.2 Å². The van der Waals surface area contributed by atoms with Crippen LogP contribution in [0.3, 0.4) is 0 Å². The zero-order valence-corrected chi connectivity index (χ0v) is 12.3. The first-order chi connectivity index (χ1) is 10.8. The van der Waals surface area contributed by atoms with Crippen LogP contribution in [-0.2, 0) is 6.18 Å². The number of hydrogen-bond acceptors (Lipinski definition) is 5. The maximum absolute atomic E-state index is 12.9. The number of fused-ring (bicyclic) bond motifs is 1. The van der Waals surface area contributed by atoms with E-state index < -0.39 is 11.7 Å². The number of nitrogen functional groups attached to an aromatic ring is 1. The van der Waals surface area contributed by atoms with Crippen LogP contribution < -0.4 is 5.73 Å². The number of hydrogen-bond donors (Lipinski definition) is 1. The number of nitrogens with zero attached hydrogens (tertiary/aromatic N) is 4. The molecule has 0 spiro atoms. The van der Waals surface area contributed by atoms with Gasteiger partial charge in [0.2, 0.25) is 0 Å². The molecule has 0 amide bonds. The second kappa shape index (κ2) is 5.15. The molecular weight excluding hydrogens is 307 g/mol. The molecule has 0 radical (unpaired) electrons. The van der Waals surface area contributed by atoms with E-state index in [0.29, 0.717) is 28.4 Å². The quantitative estimate of drug-likeness (QED) is 0.744. The van der Waals surface area contributed by atoms with Crippen LogP contribution in [0.1, 0.15) is 17.1 Å². The number of halogens is 3. The minimum absolute atomic E-state index is 0.147. The Bertz CT molecular complexity index is 905. The SMILES string of the molecule is Cc1nc(N)c2nc(-c3cccc(C(F)(F)F)c3)c(C)nc2n1. The topological polar surface area (TPSA) is 77.6 Å². The molecule has 1 aromatic carbocycles. The van der Waals surface area contributed by atoms with Gasteiger partial charge in [0.05, 0.1) is 17.0 Å². The van der Waals surface area contributed by atoms with Gasteiger partial charge in [0.1, 0.15) is 5.82 Å². The largest absolute Gasteiger partial charge is 0.416 e. The minimum Gasteiger partial charge on any atom is -0.382 e. The van der Waals surface area contributed by atoms with Crippen LogP contribution in [-0.4, -0.2) is 19.9 Å². The Balaban J connectivity index is 2.23. The van der Waals surface area contributed by atoms with Crippen LogP contribution in [0.15, 0.2) is 24.3 Å². The lowest BCUT2D eigenvalue weighted by molar-refractivity contribution is -0.137. The Labute approximate surface area is 129 Å². The lowest BCUT2D eigenvalue weighted by Gasteiger charge is -2.11. The molecule has 0 atom stereocenters. The molecule has 2 N–H and O–H groups in total. The lowest BCUT2D eigenvalue weighted by atomic mass is 10.1. The molecule has 0 saturated carbocycles. The molecule has 0 aliphatic carbocycles. The van der Waals surface area contributed by atoms with Gasteiger partial charge in [-0.2, -0.15) is 13.2 Å². The van der Waals surface area contributed by atoms with Crippen molar-refractivity contribution in [3.63, 3.8) is 0 Å². The summed E-state index contributed by atoms with van der Waals surface area (Å²) in [6.45, 7) is 3.34. The Kier molecular flexibility index (Phi) is 3.39. The van der Waals surface area contributed by atoms with E-state index in [1.165, 1.54) is 6.07 Å². The van der Waals surface area contributed by atoms with Crippen molar-refractivity contribution >= 4 is 17.0 Å². The minimum atomic E-state index is -4.42. The van der Waals surface area contributed by atoms with Crippen molar-refractivity contribution in [2.75, 3.05) is 5.73 Å². The highest BCUT2D eigenvalue weighted by molar-refractivity contribution is 5.83. The monoisotopic (exact) mass is 319 g/mol. The number of nitrogens with two attached hydrogens (primary N) is 1. The van der Waals surface area contributed by atoms with Gasteiger partial charge in [0, 0.05) is 5.56 Å². The molecule has 0 unspecified atom stereocenters. The van der Waals surface area contributed by atoms with Gasteiger partial charge >= 0.3 is 6.18 Å². The fraction of sp³-hybridized carbons (Fsp3) is 0.200. The normalized spacial score (nSPS) is 11.9. The van der Waals surface area contributed by atoms with E-state index in [2.05, 4.69) is 19.9 Å². The van der Waals surface area contributed by atoms with Crippen LogP contribution in [0.4, 0.5) is 19.0 Å². The highest BCUT2D eigenvalue weighted by Gasteiger charge is 2.30. The molecule has 0 saturated heterocycles. The molecule has 0 fully saturated rings. The van der Waals surface area contributed by atoms with E-state index in [4.69, 9.17) is 5.73 Å². The summed E-state index contributed by atoms with van der Waals surface area (Å²) in [7, 11) is 0. The summed E-state index contributed by atoms with van der Waals surface area (Å²) < 4.78 is 38.6. The molecule has 2 aromatic heterocycles. The summed E-state index contributed by atoms with van der Waals surface area (Å²) >= 11 is 0. The van der Waals surface area contributed by atoms with Crippen LogP contribution in [0.5, 0.6) is 0 Å². The van der Waals surface area contributed by atoms with Crippen LogP contribution in [0, 0.1) is 13.8 Å². The van der Waals surface area contributed by atoms with Crippen molar-refractivity contribution in [1.82, 2.24) is 19.9 Å². The highest BCUT2D eigenvalue weighted by Crippen LogP contribution is 2.32. The molecule has 0 aliphatic heterocycles. The molecule has 0 bridgehead atoms. The second-order valence-corrected chi connectivity index (χ2v) is 5.06. The third-order valence-electron chi connectivity index (χ3n) is 3.31. The van der Waals surface area contributed by atoms with Gasteiger partial charge in [-0.25, -0.2) is 19.9 Å². The first kappa shape index (κ1) is 15.1. The third kappa shape index (κ3) is 2.79. The summed E-state index contributed by atoms with van der Waals surface area (Å²) in [4.78, 5) is 16.8. The smallest absolute Gasteiger partial charge is 0.382 e. The van der Waals surface area contributed by atoms with E-state index in [-0.39, 0.29) is 11.3 Å².